The highest BCUT2D eigenvalue weighted by Gasteiger charge is 2.30. The molecule has 1 aromatic carbocycles. The van der Waals surface area contributed by atoms with Gasteiger partial charge in [-0.3, -0.25) is 18.7 Å². The summed E-state index contributed by atoms with van der Waals surface area (Å²) in [5, 5.41) is 8.14. The molecule has 3 aromatic rings. The number of fused-ring (bicyclic) bond motifs is 1. The van der Waals surface area contributed by atoms with Gasteiger partial charge in [-0.1, -0.05) is 23.9 Å². The second kappa shape index (κ2) is 8.19. The van der Waals surface area contributed by atoms with E-state index in [1.165, 1.54) is 14.1 Å². The van der Waals surface area contributed by atoms with Gasteiger partial charge in [0.2, 0.25) is 0 Å². The third-order valence-corrected chi connectivity index (χ3v) is 6.41. The number of aromatic nitrogens is 5. The molecule has 0 radical (unpaired) electrons. The van der Waals surface area contributed by atoms with Crippen LogP contribution in [0.15, 0.2) is 39.0 Å². The summed E-state index contributed by atoms with van der Waals surface area (Å²) in [4.78, 5) is 37.6. The summed E-state index contributed by atoms with van der Waals surface area (Å²) < 4.78 is 15.4. The number of Topliss-reactive ketones (excluding diaryl/α,β-unsaturated/α-hetero) is 1. The van der Waals surface area contributed by atoms with Gasteiger partial charge in [0, 0.05) is 21.1 Å². The van der Waals surface area contributed by atoms with E-state index in [9.17, 15) is 14.4 Å². The molecular formula is C20H22N6O5S. The molecule has 12 heteroatoms. The molecule has 0 fully saturated rings. The molecule has 1 aliphatic heterocycles. The van der Waals surface area contributed by atoms with Crippen molar-refractivity contribution in [3.63, 3.8) is 0 Å². The highest BCUT2D eigenvalue weighted by molar-refractivity contribution is 8.00. The summed E-state index contributed by atoms with van der Waals surface area (Å²) in [5.74, 6) is 1.15. The lowest BCUT2D eigenvalue weighted by Crippen LogP contribution is -2.42. The van der Waals surface area contributed by atoms with Crippen LogP contribution in [0.1, 0.15) is 29.2 Å². The lowest BCUT2D eigenvalue weighted by atomic mass is 10.1. The normalized spacial score (nSPS) is 16.1. The molecule has 2 atom stereocenters. The SMILES string of the molecule is C[C@H](Sc1nnc([C@@H]2COc3ccccc3O2)n1C)C(=O)c1c(N)n(C)c(=O)n(C)c1=O. The van der Waals surface area contributed by atoms with Gasteiger partial charge in [0.25, 0.3) is 5.56 Å². The fourth-order valence-corrected chi connectivity index (χ4v) is 4.24. The number of nitrogens with two attached hydrogens (primary N) is 1. The van der Waals surface area contributed by atoms with Gasteiger partial charge in [0.15, 0.2) is 34.4 Å². The topological polar surface area (TPSA) is 136 Å². The van der Waals surface area contributed by atoms with Gasteiger partial charge >= 0.3 is 5.69 Å². The monoisotopic (exact) mass is 458 g/mol. The number of hydrogen-bond acceptors (Lipinski definition) is 9. The summed E-state index contributed by atoms with van der Waals surface area (Å²) >= 11 is 1.13. The Morgan fingerprint density at radius 3 is 2.53 bits per heavy atom. The Labute approximate surface area is 186 Å². The number of nitrogens with zero attached hydrogens (tertiary/aromatic N) is 5. The summed E-state index contributed by atoms with van der Waals surface area (Å²) in [7, 11) is 4.47. The fraction of sp³-hybridized carbons (Fsp3) is 0.350. The zero-order valence-electron chi connectivity index (χ0n) is 17.9. The number of hydrogen-bond donors (Lipinski definition) is 1. The van der Waals surface area contributed by atoms with E-state index in [0.29, 0.717) is 22.5 Å². The van der Waals surface area contributed by atoms with Gasteiger partial charge in [0.1, 0.15) is 18.0 Å². The van der Waals surface area contributed by atoms with Crippen molar-refractivity contribution in [3.05, 3.63) is 56.5 Å². The first-order chi connectivity index (χ1) is 15.2. The molecule has 0 saturated heterocycles. The zero-order valence-corrected chi connectivity index (χ0v) is 18.8. The van der Waals surface area contributed by atoms with Crippen molar-refractivity contribution in [1.82, 2.24) is 23.9 Å². The number of benzene rings is 1. The molecule has 0 spiro atoms. The van der Waals surface area contributed by atoms with Crippen LogP contribution in [0.4, 0.5) is 5.82 Å². The molecule has 4 rings (SSSR count). The molecule has 32 heavy (non-hydrogen) atoms. The molecule has 1 aliphatic rings. The van der Waals surface area contributed by atoms with Crippen molar-refractivity contribution in [2.45, 2.75) is 23.4 Å². The number of carbonyl (C=O) groups excluding carboxylic acids is 1. The zero-order chi connectivity index (χ0) is 23.2. The molecule has 0 aliphatic carbocycles. The number of rotatable bonds is 5. The molecule has 168 valence electrons. The number of carbonyl (C=O) groups is 1. The van der Waals surface area contributed by atoms with Crippen LogP contribution in [0.3, 0.4) is 0 Å². The maximum absolute atomic E-state index is 13.0. The third kappa shape index (κ3) is 3.55. The van der Waals surface area contributed by atoms with E-state index in [2.05, 4.69) is 10.2 Å². The summed E-state index contributed by atoms with van der Waals surface area (Å²) in [6.07, 6.45) is -0.464. The van der Waals surface area contributed by atoms with Crippen molar-refractivity contribution in [3.8, 4) is 11.5 Å². The van der Waals surface area contributed by atoms with E-state index in [1.54, 1.807) is 18.5 Å². The van der Waals surface area contributed by atoms with Crippen LogP contribution in [0.5, 0.6) is 11.5 Å². The highest BCUT2D eigenvalue weighted by atomic mass is 32.2. The average Bonchev–Trinajstić information content (AvgIpc) is 3.15. The van der Waals surface area contributed by atoms with Crippen molar-refractivity contribution in [2.75, 3.05) is 12.3 Å². The van der Waals surface area contributed by atoms with E-state index in [1.807, 2.05) is 24.3 Å². The van der Waals surface area contributed by atoms with E-state index < -0.39 is 28.4 Å². The highest BCUT2D eigenvalue weighted by Crippen LogP contribution is 2.36. The van der Waals surface area contributed by atoms with Gasteiger partial charge in [-0.15, -0.1) is 10.2 Å². The molecule has 2 aromatic heterocycles. The lowest BCUT2D eigenvalue weighted by Gasteiger charge is -2.25. The average molecular weight is 459 g/mol. The van der Waals surface area contributed by atoms with Crippen molar-refractivity contribution in [1.29, 1.82) is 0 Å². The Hall–Kier alpha value is -3.54. The van der Waals surface area contributed by atoms with E-state index >= 15 is 0 Å². The smallest absolute Gasteiger partial charge is 0.332 e. The molecule has 0 amide bonds. The second-order valence-corrected chi connectivity index (χ2v) is 8.66. The number of ether oxygens (including phenoxy) is 2. The largest absolute Gasteiger partial charge is 0.485 e. The first kappa shape index (κ1) is 21.7. The minimum Gasteiger partial charge on any atom is -0.485 e. The van der Waals surface area contributed by atoms with Gasteiger partial charge in [-0.05, 0) is 19.1 Å². The molecule has 0 unspecified atom stereocenters. The van der Waals surface area contributed by atoms with Crippen LogP contribution in [0, 0.1) is 0 Å². The van der Waals surface area contributed by atoms with Crippen LogP contribution in [-0.2, 0) is 21.1 Å². The standard InChI is InChI=1S/C20H22N6O5S/c1-10(15(27)14-16(21)24(2)20(29)26(4)18(14)28)32-19-23-22-17(25(19)3)13-9-30-11-7-5-6-8-12(11)31-13/h5-8,10,13H,9,21H2,1-4H3/t10-,13-/m0/s1. The van der Waals surface area contributed by atoms with Gasteiger partial charge in [-0.25, -0.2) is 4.79 Å². The fourth-order valence-electron chi connectivity index (χ4n) is 3.36. The van der Waals surface area contributed by atoms with Crippen LogP contribution in [0.25, 0.3) is 0 Å². The summed E-state index contributed by atoms with van der Waals surface area (Å²) in [6.45, 7) is 1.91. The minimum atomic E-state index is -0.729. The van der Waals surface area contributed by atoms with Gasteiger partial charge < -0.3 is 19.8 Å². The molecule has 3 heterocycles. The van der Waals surface area contributed by atoms with Crippen LogP contribution in [0.2, 0.25) is 0 Å². The maximum Gasteiger partial charge on any atom is 0.332 e. The number of anilines is 1. The number of nitrogen functional groups attached to an aromatic ring is 1. The third-order valence-electron chi connectivity index (χ3n) is 5.27. The van der Waals surface area contributed by atoms with Gasteiger partial charge in [0.05, 0.1) is 5.25 Å². The van der Waals surface area contributed by atoms with E-state index in [4.69, 9.17) is 15.2 Å². The first-order valence-corrected chi connectivity index (χ1v) is 10.6. The number of thioether (sulfide) groups is 1. The van der Waals surface area contributed by atoms with Crippen molar-refractivity contribution < 1.29 is 14.3 Å². The molecule has 2 N–H and O–H groups in total. The van der Waals surface area contributed by atoms with Crippen LogP contribution < -0.4 is 26.5 Å². The Kier molecular flexibility index (Phi) is 5.55. The molecular weight excluding hydrogens is 436 g/mol. The van der Waals surface area contributed by atoms with Crippen LogP contribution in [-0.4, -0.2) is 41.5 Å². The Bertz CT molecular complexity index is 1330. The molecule has 0 saturated carbocycles. The predicted molar refractivity (Wildman–Crippen MR) is 117 cm³/mol. The Morgan fingerprint density at radius 2 is 1.81 bits per heavy atom. The minimum absolute atomic E-state index is 0.166. The summed E-state index contributed by atoms with van der Waals surface area (Å²) in [6, 6.07) is 7.35. The van der Waals surface area contributed by atoms with E-state index in [-0.39, 0.29) is 18.0 Å². The van der Waals surface area contributed by atoms with Crippen molar-refractivity contribution in [2.24, 2.45) is 21.1 Å². The number of para-hydroxylation sites is 2. The summed E-state index contributed by atoms with van der Waals surface area (Å²) in [5.41, 5.74) is 4.36. The van der Waals surface area contributed by atoms with Crippen molar-refractivity contribution >= 4 is 23.4 Å². The lowest BCUT2D eigenvalue weighted by molar-refractivity contribution is 0.0825. The predicted octanol–water partition coefficient (Wildman–Crippen LogP) is 0.671. The number of ketones is 1. The van der Waals surface area contributed by atoms with Gasteiger partial charge in [-0.2, -0.15) is 0 Å². The maximum atomic E-state index is 13.0. The second-order valence-electron chi connectivity index (χ2n) is 7.35. The molecule has 0 bridgehead atoms. The quantitative estimate of drug-likeness (QED) is 0.432. The molecule has 11 nitrogen and oxygen atoms in total. The first-order valence-electron chi connectivity index (χ1n) is 9.74. The van der Waals surface area contributed by atoms with Crippen LogP contribution >= 0.6 is 11.8 Å². The van der Waals surface area contributed by atoms with E-state index in [0.717, 1.165) is 20.9 Å². The Balaban J connectivity index is 1.56. The Morgan fingerprint density at radius 1 is 1.12 bits per heavy atom.